The molecule has 0 radical (unpaired) electrons. The minimum absolute atomic E-state index is 0.179. The second-order valence-corrected chi connectivity index (χ2v) is 9.38. The van der Waals surface area contributed by atoms with Gasteiger partial charge in [-0.2, -0.15) is 0 Å². The van der Waals surface area contributed by atoms with Crippen LogP contribution in [-0.2, 0) is 16.1 Å². The van der Waals surface area contributed by atoms with Crippen LogP contribution in [0.5, 0.6) is 0 Å². The van der Waals surface area contributed by atoms with Crippen molar-refractivity contribution < 1.29 is 14.3 Å². The van der Waals surface area contributed by atoms with E-state index in [9.17, 15) is 9.59 Å². The molecule has 1 saturated carbocycles. The van der Waals surface area contributed by atoms with E-state index >= 15 is 0 Å². The third kappa shape index (κ3) is 4.86. The molecule has 0 aliphatic heterocycles. The van der Waals surface area contributed by atoms with Crippen LogP contribution in [0.1, 0.15) is 58.9 Å². The van der Waals surface area contributed by atoms with Gasteiger partial charge in [-0.25, -0.2) is 9.78 Å². The normalized spacial score (nSPS) is 17.2. The molecular weight excluding hydrogens is 446 g/mol. The smallest absolute Gasteiger partial charge is 0.350 e. The lowest BCUT2D eigenvalue weighted by molar-refractivity contribution is -0.113. The molecule has 32 heavy (non-hydrogen) atoms. The number of aromatic nitrogens is 4. The van der Waals surface area contributed by atoms with Crippen molar-refractivity contribution in [2.45, 2.75) is 50.7 Å². The van der Waals surface area contributed by atoms with Gasteiger partial charge in [0.05, 0.1) is 18.1 Å². The van der Waals surface area contributed by atoms with Crippen molar-refractivity contribution in [3.05, 3.63) is 52.3 Å². The third-order valence-corrected chi connectivity index (χ3v) is 7.27. The molecule has 168 valence electrons. The Morgan fingerprint density at radius 3 is 2.72 bits per heavy atom. The number of nitrogens with one attached hydrogen (secondary N) is 1. The summed E-state index contributed by atoms with van der Waals surface area (Å²) in [6.45, 7) is 6.57. The van der Waals surface area contributed by atoms with E-state index in [1.807, 2.05) is 6.07 Å². The lowest BCUT2D eigenvalue weighted by atomic mass is 10.1. The van der Waals surface area contributed by atoms with Crippen molar-refractivity contribution in [3.63, 3.8) is 0 Å². The highest BCUT2D eigenvalue weighted by atomic mass is 32.2. The summed E-state index contributed by atoms with van der Waals surface area (Å²) in [5, 5.41) is 12.7. The monoisotopic (exact) mass is 471 g/mol. The quantitative estimate of drug-likeness (QED) is 0.368. The SMILES string of the molecule is CCOC(=O)c1sc(NC(=O)CSc2nnc(C3CC3c3ccccc3)n2CC)nc1C. The Labute approximate surface area is 194 Å². The predicted octanol–water partition coefficient (Wildman–Crippen LogP) is 4.24. The van der Waals surface area contributed by atoms with E-state index in [-0.39, 0.29) is 11.7 Å². The summed E-state index contributed by atoms with van der Waals surface area (Å²) >= 11 is 2.47. The van der Waals surface area contributed by atoms with Crippen molar-refractivity contribution >= 4 is 40.1 Å². The molecule has 8 nitrogen and oxygen atoms in total. The molecule has 2 atom stereocenters. The van der Waals surface area contributed by atoms with Crippen LogP contribution >= 0.6 is 23.1 Å². The van der Waals surface area contributed by atoms with E-state index in [4.69, 9.17) is 4.74 Å². The minimum Gasteiger partial charge on any atom is -0.462 e. The van der Waals surface area contributed by atoms with Gasteiger partial charge in [0.1, 0.15) is 10.7 Å². The molecule has 1 aliphatic rings. The number of benzene rings is 1. The fourth-order valence-corrected chi connectivity index (χ4v) is 5.33. The zero-order valence-electron chi connectivity index (χ0n) is 18.2. The number of ether oxygens (including phenoxy) is 1. The molecule has 2 unspecified atom stereocenters. The van der Waals surface area contributed by atoms with Gasteiger partial charge in [0.25, 0.3) is 0 Å². The number of aryl methyl sites for hydroxylation is 1. The molecule has 10 heteroatoms. The molecule has 0 saturated heterocycles. The minimum atomic E-state index is -0.421. The Morgan fingerprint density at radius 1 is 1.22 bits per heavy atom. The number of esters is 1. The van der Waals surface area contributed by atoms with Crippen LogP contribution < -0.4 is 5.32 Å². The summed E-state index contributed by atoms with van der Waals surface area (Å²) in [5.41, 5.74) is 1.88. The Kier molecular flexibility index (Phi) is 6.90. The maximum Gasteiger partial charge on any atom is 0.350 e. The molecule has 0 spiro atoms. The Morgan fingerprint density at radius 2 is 2.00 bits per heavy atom. The Bertz CT molecular complexity index is 1110. The molecular formula is C22H25N5O3S2. The maximum atomic E-state index is 12.5. The zero-order chi connectivity index (χ0) is 22.7. The van der Waals surface area contributed by atoms with Crippen LogP contribution in [0.3, 0.4) is 0 Å². The molecule has 2 aromatic heterocycles. The molecule has 3 aromatic rings. The van der Waals surface area contributed by atoms with E-state index in [0.717, 1.165) is 35.3 Å². The summed E-state index contributed by atoms with van der Waals surface area (Å²) in [7, 11) is 0. The third-order valence-electron chi connectivity index (χ3n) is 5.25. The van der Waals surface area contributed by atoms with E-state index in [2.05, 4.69) is 56.3 Å². The van der Waals surface area contributed by atoms with Crippen molar-refractivity contribution in [1.29, 1.82) is 0 Å². The number of hydrogen-bond donors (Lipinski definition) is 1. The number of carbonyl (C=O) groups is 2. The molecule has 1 amide bonds. The van der Waals surface area contributed by atoms with Gasteiger partial charge >= 0.3 is 5.97 Å². The Hall–Kier alpha value is -2.72. The number of hydrogen-bond acceptors (Lipinski definition) is 8. The van der Waals surface area contributed by atoms with Crippen LogP contribution in [0, 0.1) is 6.92 Å². The number of carbonyl (C=O) groups excluding carboxylic acids is 2. The summed E-state index contributed by atoms with van der Waals surface area (Å²) < 4.78 is 7.11. The number of amides is 1. The average Bonchev–Trinajstić information content (AvgIpc) is 3.34. The van der Waals surface area contributed by atoms with Gasteiger partial charge in [0.15, 0.2) is 10.3 Å². The second-order valence-electron chi connectivity index (χ2n) is 7.44. The van der Waals surface area contributed by atoms with Crippen molar-refractivity contribution in [3.8, 4) is 0 Å². The van der Waals surface area contributed by atoms with E-state index < -0.39 is 5.97 Å². The first-order valence-electron chi connectivity index (χ1n) is 10.6. The van der Waals surface area contributed by atoms with Gasteiger partial charge < -0.3 is 14.6 Å². The molecule has 0 bridgehead atoms. The number of anilines is 1. The highest BCUT2D eigenvalue weighted by molar-refractivity contribution is 7.99. The molecule has 1 N–H and O–H groups in total. The summed E-state index contributed by atoms with van der Waals surface area (Å²) in [6.07, 6.45) is 1.07. The van der Waals surface area contributed by atoms with Crippen LogP contribution in [0.25, 0.3) is 0 Å². The van der Waals surface area contributed by atoms with Crippen LogP contribution in [0.4, 0.5) is 5.13 Å². The first-order chi connectivity index (χ1) is 15.5. The summed E-state index contributed by atoms with van der Waals surface area (Å²) in [4.78, 5) is 29.1. The van der Waals surface area contributed by atoms with Gasteiger partial charge in [-0.3, -0.25) is 4.79 Å². The van der Waals surface area contributed by atoms with Crippen molar-refractivity contribution in [2.75, 3.05) is 17.7 Å². The Balaban J connectivity index is 1.36. The summed E-state index contributed by atoms with van der Waals surface area (Å²) in [6, 6.07) is 10.5. The van der Waals surface area contributed by atoms with Gasteiger partial charge in [-0.1, -0.05) is 53.4 Å². The fraction of sp³-hybridized carbons (Fsp3) is 0.409. The van der Waals surface area contributed by atoms with Crippen molar-refractivity contribution in [2.24, 2.45) is 0 Å². The van der Waals surface area contributed by atoms with Gasteiger partial charge in [-0.05, 0) is 38.7 Å². The second kappa shape index (κ2) is 9.83. The first-order valence-corrected chi connectivity index (χ1v) is 12.4. The lowest BCUT2D eigenvalue weighted by Gasteiger charge is -2.07. The van der Waals surface area contributed by atoms with Crippen molar-refractivity contribution in [1.82, 2.24) is 19.7 Å². The maximum absolute atomic E-state index is 12.5. The number of nitrogens with zero attached hydrogens (tertiary/aromatic N) is 4. The van der Waals surface area contributed by atoms with E-state index in [0.29, 0.717) is 34.1 Å². The van der Waals surface area contributed by atoms with Crippen LogP contribution in [-0.4, -0.2) is 44.0 Å². The number of thiazole rings is 1. The zero-order valence-corrected chi connectivity index (χ0v) is 19.8. The van der Waals surface area contributed by atoms with Gasteiger partial charge in [0, 0.05) is 12.5 Å². The topological polar surface area (TPSA) is 99.0 Å². The van der Waals surface area contributed by atoms with Crippen LogP contribution in [0.15, 0.2) is 35.5 Å². The molecule has 2 heterocycles. The van der Waals surface area contributed by atoms with E-state index in [1.54, 1.807) is 13.8 Å². The van der Waals surface area contributed by atoms with Gasteiger partial charge in [-0.15, -0.1) is 10.2 Å². The molecule has 1 aliphatic carbocycles. The van der Waals surface area contributed by atoms with Crippen LogP contribution in [0.2, 0.25) is 0 Å². The first kappa shape index (κ1) is 22.5. The largest absolute Gasteiger partial charge is 0.462 e. The average molecular weight is 472 g/mol. The van der Waals surface area contributed by atoms with E-state index in [1.165, 1.54) is 17.3 Å². The standard InChI is InChI=1S/C22H25N5O3S2/c1-4-27-19(16-11-15(16)14-9-7-6-8-10-14)25-26-22(27)31-12-17(28)24-21-23-13(3)18(32-21)20(29)30-5-2/h6-10,15-16H,4-5,11-12H2,1-3H3,(H,23,24,28). The lowest BCUT2D eigenvalue weighted by Crippen LogP contribution is -2.14. The van der Waals surface area contributed by atoms with Gasteiger partial charge in [0.2, 0.25) is 5.91 Å². The summed E-state index contributed by atoms with van der Waals surface area (Å²) in [5.74, 6) is 1.38. The predicted molar refractivity (Wildman–Crippen MR) is 124 cm³/mol. The highest BCUT2D eigenvalue weighted by Gasteiger charge is 2.43. The highest BCUT2D eigenvalue weighted by Crippen LogP contribution is 2.54. The number of rotatable bonds is 9. The molecule has 1 fully saturated rings. The molecule has 1 aromatic carbocycles. The fourth-order valence-electron chi connectivity index (χ4n) is 3.65. The number of thioether (sulfide) groups is 1. The molecule has 4 rings (SSSR count).